The fraction of sp³-hybridized carbons (Fsp3) is 0.429. The number of halogens is 1. The third kappa shape index (κ3) is 5.87. The van der Waals surface area contributed by atoms with Crippen LogP contribution in [0.4, 0.5) is 5.82 Å². The molecule has 0 atom stereocenters. The molecule has 1 saturated heterocycles. The van der Waals surface area contributed by atoms with Gasteiger partial charge >= 0.3 is 7.60 Å². The van der Waals surface area contributed by atoms with E-state index >= 15 is 0 Å². The zero-order valence-electron chi connectivity index (χ0n) is 22.5. The number of aromatic hydroxyl groups is 1. The first kappa shape index (κ1) is 27.7. The van der Waals surface area contributed by atoms with E-state index in [1.165, 1.54) is 0 Å². The number of ether oxygens (including phenoxy) is 1. The lowest BCUT2D eigenvalue weighted by molar-refractivity contribution is 0.213. The molecule has 1 aliphatic heterocycles. The van der Waals surface area contributed by atoms with Gasteiger partial charge in [0, 0.05) is 25.0 Å². The molecule has 0 unspecified atom stereocenters. The Balaban J connectivity index is 1.51. The standard InChI is InChI=1S/C28H34ClN4O5P/c1-4-37-39(35,38-5-2)18-20-12-14-32(15-13-20)27-26-25(30-28(29)31-27)23-16-21(34)8-11-24(23)33(26)17-19-6-9-22(36-3)10-7-19/h6-11,16,20,34H,4-5,12-15,17-18H2,1-3H3. The van der Waals surface area contributed by atoms with Gasteiger partial charge in [0.15, 0.2) is 5.82 Å². The van der Waals surface area contributed by atoms with Crippen LogP contribution in [0.5, 0.6) is 11.5 Å². The van der Waals surface area contributed by atoms with E-state index in [9.17, 15) is 9.67 Å². The summed E-state index contributed by atoms with van der Waals surface area (Å²) in [4.78, 5) is 11.5. The molecule has 0 radical (unpaired) electrons. The monoisotopic (exact) mass is 572 g/mol. The molecule has 3 heterocycles. The molecule has 4 aromatic rings. The third-order valence-electron chi connectivity index (χ3n) is 7.18. The Morgan fingerprint density at radius 3 is 2.38 bits per heavy atom. The fourth-order valence-electron chi connectivity index (χ4n) is 5.40. The molecule has 1 aliphatic rings. The van der Waals surface area contributed by atoms with E-state index in [4.69, 9.17) is 30.4 Å². The lowest BCUT2D eigenvalue weighted by atomic mass is 9.99. The molecule has 9 nitrogen and oxygen atoms in total. The maximum Gasteiger partial charge on any atom is 0.330 e. The van der Waals surface area contributed by atoms with Crippen LogP contribution in [0, 0.1) is 5.92 Å². The molecule has 5 rings (SSSR count). The number of hydrogen-bond donors (Lipinski definition) is 1. The second-order valence-electron chi connectivity index (χ2n) is 9.71. The molecule has 0 aliphatic carbocycles. The van der Waals surface area contributed by atoms with Gasteiger partial charge in [0.05, 0.1) is 32.0 Å². The number of fused-ring (bicyclic) bond motifs is 3. The normalized spacial score (nSPS) is 14.9. The Morgan fingerprint density at radius 2 is 1.74 bits per heavy atom. The molecule has 11 heteroatoms. The molecule has 0 amide bonds. The number of phenols is 1. The second kappa shape index (κ2) is 11.7. The summed E-state index contributed by atoms with van der Waals surface area (Å²) in [5.41, 5.74) is 3.58. The number of piperidine rings is 1. The van der Waals surface area contributed by atoms with Crippen molar-refractivity contribution in [1.82, 2.24) is 14.5 Å². The van der Waals surface area contributed by atoms with Crippen molar-refractivity contribution in [1.29, 1.82) is 0 Å². The largest absolute Gasteiger partial charge is 0.508 e. The highest BCUT2D eigenvalue weighted by molar-refractivity contribution is 7.53. The minimum atomic E-state index is -3.11. The Kier molecular flexibility index (Phi) is 8.33. The van der Waals surface area contributed by atoms with Crippen molar-refractivity contribution in [2.75, 3.05) is 44.5 Å². The van der Waals surface area contributed by atoms with Crippen LogP contribution in [0.15, 0.2) is 42.5 Å². The topological polar surface area (TPSA) is 98.9 Å². The van der Waals surface area contributed by atoms with Crippen LogP contribution in [0.3, 0.4) is 0 Å². The Labute approximate surface area is 233 Å². The SMILES string of the molecule is CCOP(=O)(CC1CCN(c2nc(Cl)nc3c4cc(O)ccc4n(Cc4ccc(OC)cc4)c23)CC1)OCC. The maximum absolute atomic E-state index is 13.1. The Hall–Kier alpha value is -2.84. The predicted molar refractivity (Wildman–Crippen MR) is 154 cm³/mol. The zero-order chi connectivity index (χ0) is 27.6. The maximum atomic E-state index is 13.1. The molecular formula is C28H34ClN4O5P. The highest BCUT2D eigenvalue weighted by atomic mass is 35.5. The van der Waals surface area contributed by atoms with Gasteiger partial charge in [0.2, 0.25) is 5.28 Å². The van der Waals surface area contributed by atoms with E-state index in [0.29, 0.717) is 31.4 Å². The highest BCUT2D eigenvalue weighted by Crippen LogP contribution is 2.51. The molecule has 1 fully saturated rings. The molecule has 0 spiro atoms. The molecule has 1 N–H and O–H groups in total. The van der Waals surface area contributed by atoms with Gasteiger partial charge in [-0.2, -0.15) is 4.98 Å². The average Bonchev–Trinajstić information content (AvgIpc) is 3.21. The number of benzene rings is 2. The van der Waals surface area contributed by atoms with E-state index in [1.54, 1.807) is 19.2 Å². The third-order valence-corrected chi connectivity index (χ3v) is 9.62. The molecular weight excluding hydrogens is 539 g/mol. The van der Waals surface area contributed by atoms with Crippen LogP contribution < -0.4 is 9.64 Å². The molecule has 2 aromatic heterocycles. The number of nitrogens with zero attached hydrogens (tertiary/aromatic N) is 4. The van der Waals surface area contributed by atoms with Crippen LogP contribution in [0.25, 0.3) is 21.9 Å². The molecule has 0 saturated carbocycles. The summed E-state index contributed by atoms with van der Waals surface area (Å²) in [6.07, 6.45) is 2.07. The van der Waals surface area contributed by atoms with Gasteiger partial charge in [-0.1, -0.05) is 12.1 Å². The van der Waals surface area contributed by atoms with Crippen molar-refractivity contribution in [3.05, 3.63) is 53.3 Å². The smallest absolute Gasteiger partial charge is 0.330 e. The van der Waals surface area contributed by atoms with Gasteiger partial charge in [-0.15, -0.1) is 0 Å². The summed E-state index contributed by atoms with van der Waals surface area (Å²) in [6.45, 7) is 6.42. The van der Waals surface area contributed by atoms with Gasteiger partial charge in [-0.3, -0.25) is 4.57 Å². The lowest BCUT2D eigenvalue weighted by Gasteiger charge is -2.34. The molecule has 208 valence electrons. The number of anilines is 1. The first-order valence-corrected chi connectivity index (χ1v) is 15.4. The Morgan fingerprint density at radius 1 is 1.05 bits per heavy atom. The minimum Gasteiger partial charge on any atom is -0.508 e. The van der Waals surface area contributed by atoms with Crippen LogP contribution in [-0.2, 0) is 20.2 Å². The summed E-state index contributed by atoms with van der Waals surface area (Å²) in [5, 5.41) is 11.2. The van der Waals surface area contributed by atoms with Crippen molar-refractivity contribution < 1.29 is 23.5 Å². The van der Waals surface area contributed by atoms with Crippen molar-refractivity contribution in [2.24, 2.45) is 5.92 Å². The summed E-state index contributed by atoms with van der Waals surface area (Å²) in [6, 6.07) is 13.3. The van der Waals surface area contributed by atoms with Crippen LogP contribution >= 0.6 is 19.2 Å². The summed E-state index contributed by atoms with van der Waals surface area (Å²) in [7, 11) is -1.46. The lowest BCUT2D eigenvalue weighted by Crippen LogP contribution is -2.36. The summed E-state index contributed by atoms with van der Waals surface area (Å²) < 4.78 is 31.7. The first-order chi connectivity index (χ1) is 18.8. The molecule has 0 bridgehead atoms. The van der Waals surface area contributed by atoms with Crippen LogP contribution in [0.1, 0.15) is 32.3 Å². The number of aromatic nitrogens is 3. The van der Waals surface area contributed by atoms with Gasteiger partial charge in [-0.25, -0.2) is 4.98 Å². The average molecular weight is 573 g/mol. The number of rotatable bonds is 10. The number of methoxy groups -OCH3 is 1. The summed E-state index contributed by atoms with van der Waals surface area (Å²) in [5.74, 6) is 1.93. The first-order valence-electron chi connectivity index (χ1n) is 13.3. The summed E-state index contributed by atoms with van der Waals surface area (Å²) >= 11 is 6.47. The zero-order valence-corrected chi connectivity index (χ0v) is 24.1. The highest BCUT2D eigenvalue weighted by Gasteiger charge is 2.32. The van der Waals surface area contributed by atoms with Crippen molar-refractivity contribution in [3.8, 4) is 11.5 Å². The van der Waals surface area contributed by atoms with Crippen molar-refractivity contribution in [2.45, 2.75) is 33.2 Å². The molecule has 2 aromatic carbocycles. The van der Waals surface area contributed by atoms with Crippen LogP contribution in [-0.4, -0.2) is 59.2 Å². The minimum absolute atomic E-state index is 0.156. The van der Waals surface area contributed by atoms with Crippen molar-refractivity contribution >= 4 is 47.0 Å². The van der Waals surface area contributed by atoms with Crippen molar-refractivity contribution in [3.63, 3.8) is 0 Å². The van der Waals surface area contributed by atoms with Gasteiger partial charge < -0.3 is 28.4 Å². The van der Waals surface area contributed by atoms with E-state index < -0.39 is 7.60 Å². The van der Waals surface area contributed by atoms with E-state index in [1.807, 2.05) is 44.2 Å². The molecule has 39 heavy (non-hydrogen) atoms. The van der Waals surface area contributed by atoms with Crippen LogP contribution in [0.2, 0.25) is 5.28 Å². The predicted octanol–water partition coefficient (Wildman–Crippen LogP) is 6.48. The van der Waals surface area contributed by atoms with E-state index in [0.717, 1.165) is 59.5 Å². The van der Waals surface area contributed by atoms with Gasteiger partial charge in [0.25, 0.3) is 0 Å². The number of phenolic OH excluding ortho intramolecular Hbond substituents is 1. The fourth-order valence-corrected chi connectivity index (χ4v) is 7.63. The quantitative estimate of drug-likeness (QED) is 0.170. The number of hydrogen-bond acceptors (Lipinski definition) is 8. The van der Waals surface area contributed by atoms with Gasteiger partial charge in [-0.05, 0) is 80.1 Å². The second-order valence-corrected chi connectivity index (χ2v) is 12.2. The van der Waals surface area contributed by atoms with E-state index in [-0.39, 0.29) is 17.0 Å². The van der Waals surface area contributed by atoms with E-state index in [2.05, 4.69) is 14.5 Å². The Bertz CT molecular complexity index is 1490. The van der Waals surface area contributed by atoms with Gasteiger partial charge in [0.1, 0.15) is 22.5 Å².